The lowest BCUT2D eigenvalue weighted by Crippen LogP contribution is -2.19. The Hall–Kier alpha value is -2.60. The number of hydrazone groups is 1. The van der Waals surface area contributed by atoms with Gasteiger partial charge in [0.2, 0.25) is 5.91 Å². The number of hydrogen-bond acceptors (Lipinski definition) is 5. The largest absolute Gasteiger partial charge is 0.427 e. The molecular weight excluding hydrogens is 324 g/mol. The van der Waals surface area contributed by atoms with E-state index in [-0.39, 0.29) is 11.9 Å². The molecule has 0 aromatic heterocycles. The molecule has 0 saturated heterocycles. The van der Waals surface area contributed by atoms with Crippen LogP contribution in [0.25, 0.3) is 0 Å². The molecule has 0 aliphatic rings. The smallest absolute Gasteiger partial charge is 0.308 e. The van der Waals surface area contributed by atoms with Gasteiger partial charge in [-0.2, -0.15) is 5.10 Å². The molecule has 2 aromatic rings. The van der Waals surface area contributed by atoms with Crippen LogP contribution in [0.5, 0.6) is 5.75 Å². The molecule has 0 aliphatic heterocycles. The fourth-order valence-electron chi connectivity index (χ4n) is 1.83. The molecule has 0 aliphatic carbocycles. The highest BCUT2D eigenvalue weighted by Gasteiger charge is 2.01. The van der Waals surface area contributed by atoms with Crippen molar-refractivity contribution >= 4 is 29.9 Å². The van der Waals surface area contributed by atoms with Crippen LogP contribution in [0.4, 0.5) is 0 Å². The number of amides is 1. The predicted octanol–water partition coefficient (Wildman–Crippen LogP) is 3.00. The van der Waals surface area contributed by atoms with Gasteiger partial charge in [0.1, 0.15) is 5.75 Å². The Balaban J connectivity index is 1.70. The maximum absolute atomic E-state index is 11.7. The van der Waals surface area contributed by atoms with E-state index in [0.29, 0.717) is 11.5 Å². The summed E-state index contributed by atoms with van der Waals surface area (Å²) in [7, 11) is 0. The lowest BCUT2D eigenvalue weighted by atomic mass is 10.2. The van der Waals surface area contributed by atoms with Crippen LogP contribution in [0.1, 0.15) is 18.1 Å². The SMILES string of the molecule is CC(=O)Oc1ccc(/C=N\NC(=O)CSCc2ccccc2)cc1. The summed E-state index contributed by atoms with van der Waals surface area (Å²) in [5.74, 6) is 1.09. The predicted molar refractivity (Wildman–Crippen MR) is 96.1 cm³/mol. The molecule has 0 fully saturated rings. The minimum Gasteiger partial charge on any atom is -0.427 e. The zero-order valence-electron chi connectivity index (χ0n) is 13.3. The standard InChI is InChI=1S/C18H18N2O3S/c1-14(21)23-17-9-7-15(8-10-17)11-19-20-18(22)13-24-12-16-5-3-2-4-6-16/h2-11H,12-13H2,1H3,(H,20,22)/b19-11-. The van der Waals surface area contributed by atoms with E-state index in [1.165, 1.54) is 30.5 Å². The second kappa shape index (κ2) is 9.52. The van der Waals surface area contributed by atoms with E-state index in [4.69, 9.17) is 4.74 Å². The van der Waals surface area contributed by atoms with Crippen molar-refractivity contribution < 1.29 is 14.3 Å². The molecule has 0 unspecified atom stereocenters. The lowest BCUT2D eigenvalue weighted by molar-refractivity contribution is -0.131. The number of hydrogen-bond donors (Lipinski definition) is 1. The van der Waals surface area contributed by atoms with E-state index in [1.54, 1.807) is 24.3 Å². The first-order valence-corrected chi connectivity index (χ1v) is 8.51. The van der Waals surface area contributed by atoms with Crippen molar-refractivity contribution in [3.8, 4) is 5.75 Å². The summed E-state index contributed by atoms with van der Waals surface area (Å²) in [6.07, 6.45) is 1.54. The highest BCUT2D eigenvalue weighted by atomic mass is 32.2. The first-order chi connectivity index (χ1) is 11.6. The maximum Gasteiger partial charge on any atom is 0.308 e. The van der Waals surface area contributed by atoms with Gasteiger partial charge >= 0.3 is 5.97 Å². The number of carbonyl (C=O) groups is 2. The van der Waals surface area contributed by atoms with Crippen LogP contribution in [0, 0.1) is 0 Å². The van der Waals surface area contributed by atoms with Gasteiger partial charge in [-0.1, -0.05) is 30.3 Å². The molecule has 0 bridgehead atoms. The number of rotatable bonds is 7. The summed E-state index contributed by atoms with van der Waals surface area (Å²) in [6, 6.07) is 16.8. The van der Waals surface area contributed by atoms with Crippen LogP contribution in [-0.4, -0.2) is 23.8 Å². The third kappa shape index (κ3) is 6.66. The van der Waals surface area contributed by atoms with Crippen molar-refractivity contribution in [3.63, 3.8) is 0 Å². The number of thioether (sulfide) groups is 1. The average molecular weight is 342 g/mol. The van der Waals surface area contributed by atoms with Crippen molar-refractivity contribution in [1.29, 1.82) is 0 Å². The van der Waals surface area contributed by atoms with Crippen molar-refractivity contribution in [1.82, 2.24) is 5.43 Å². The quantitative estimate of drug-likeness (QED) is 0.363. The molecule has 0 heterocycles. The molecule has 6 heteroatoms. The first-order valence-electron chi connectivity index (χ1n) is 7.35. The van der Waals surface area contributed by atoms with Gasteiger partial charge in [-0.25, -0.2) is 5.43 Å². The zero-order chi connectivity index (χ0) is 17.2. The molecule has 0 atom stereocenters. The van der Waals surface area contributed by atoms with Gasteiger partial charge in [-0.05, 0) is 35.4 Å². The summed E-state index contributed by atoms with van der Waals surface area (Å²) in [4.78, 5) is 22.5. The summed E-state index contributed by atoms with van der Waals surface area (Å²) in [5.41, 5.74) is 4.47. The summed E-state index contributed by atoms with van der Waals surface area (Å²) >= 11 is 1.53. The number of esters is 1. The molecule has 1 N–H and O–H groups in total. The molecule has 0 radical (unpaired) electrons. The van der Waals surface area contributed by atoms with E-state index in [0.717, 1.165) is 11.3 Å². The van der Waals surface area contributed by atoms with Gasteiger partial charge in [0.25, 0.3) is 0 Å². The highest BCUT2D eigenvalue weighted by molar-refractivity contribution is 7.99. The van der Waals surface area contributed by atoms with Crippen molar-refractivity contribution in [2.75, 3.05) is 5.75 Å². The molecular formula is C18H18N2O3S. The second-order valence-electron chi connectivity index (χ2n) is 4.93. The fraction of sp³-hybridized carbons (Fsp3) is 0.167. The average Bonchev–Trinajstić information content (AvgIpc) is 2.57. The minimum atomic E-state index is -0.364. The zero-order valence-corrected chi connectivity index (χ0v) is 14.1. The Morgan fingerprint density at radius 2 is 1.83 bits per heavy atom. The Morgan fingerprint density at radius 1 is 1.12 bits per heavy atom. The molecule has 2 rings (SSSR count). The van der Waals surface area contributed by atoms with Gasteiger partial charge in [-0.15, -0.1) is 11.8 Å². The number of nitrogens with one attached hydrogen (secondary N) is 1. The molecule has 1 amide bonds. The lowest BCUT2D eigenvalue weighted by Gasteiger charge is -2.02. The normalized spacial score (nSPS) is 10.5. The molecule has 0 spiro atoms. The summed E-state index contributed by atoms with van der Waals surface area (Å²) in [6.45, 7) is 1.35. The molecule has 124 valence electrons. The Bertz CT molecular complexity index is 700. The fourth-order valence-corrected chi connectivity index (χ4v) is 2.61. The number of ether oxygens (including phenoxy) is 1. The van der Waals surface area contributed by atoms with E-state index in [2.05, 4.69) is 10.5 Å². The van der Waals surface area contributed by atoms with E-state index < -0.39 is 0 Å². The number of carbonyl (C=O) groups excluding carboxylic acids is 2. The topological polar surface area (TPSA) is 67.8 Å². The Labute approximate surface area is 145 Å². The third-order valence-corrected chi connectivity index (χ3v) is 3.89. The van der Waals surface area contributed by atoms with E-state index >= 15 is 0 Å². The number of nitrogens with zero attached hydrogens (tertiary/aromatic N) is 1. The Kier molecular flexibility index (Phi) is 7.04. The monoisotopic (exact) mass is 342 g/mol. The minimum absolute atomic E-state index is 0.149. The Morgan fingerprint density at radius 3 is 2.50 bits per heavy atom. The first kappa shape index (κ1) is 17.7. The molecule has 24 heavy (non-hydrogen) atoms. The van der Waals surface area contributed by atoms with Gasteiger partial charge in [0.05, 0.1) is 12.0 Å². The molecule has 5 nitrogen and oxygen atoms in total. The van der Waals surface area contributed by atoms with Crippen LogP contribution in [0.2, 0.25) is 0 Å². The van der Waals surface area contributed by atoms with Gasteiger partial charge in [-0.3, -0.25) is 9.59 Å². The van der Waals surface area contributed by atoms with Crippen LogP contribution in [0.3, 0.4) is 0 Å². The van der Waals surface area contributed by atoms with Crippen molar-refractivity contribution in [2.45, 2.75) is 12.7 Å². The van der Waals surface area contributed by atoms with Crippen LogP contribution in [-0.2, 0) is 15.3 Å². The van der Waals surface area contributed by atoms with Gasteiger partial charge in [0.15, 0.2) is 0 Å². The second-order valence-corrected chi connectivity index (χ2v) is 5.92. The third-order valence-electron chi connectivity index (χ3n) is 2.89. The van der Waals surface area contributed by atoms with Crippen molar-refractivity contribution in [2.24, 2.45) is 5.10 Å². The van der Waals surface area contributed by atoms with Crippen LogP contribution < -0.4 is 10.2 Å². The van der Waals surface area contributed by atoms with E-state index in [1.807, 2.05) is 30.3 Å². The number of benzene rings is 2. The van der Waals surface area contributed by atoms with Gasteiger partial charge in [0, 0.05) is 12.7 Å². The van der Waals surface area contributed by atoms with Gasteiger partial charge < -0.3 is 4.74 Å². The van der Waals surface area contributed by atoms with Crippen LogP contribution >= 0.6 is 11.8 Å². The molecule has 0 saturated carbocycles. The maximum atomic E-state index is 11.7. The van der Waals surface area contributed by atoms with Crippen molar-refractivity contribution in [3.05, 3.63) is 65.7 Å². The summed E-state index contributed by atoms with van der Waals surface area (Å²) in [5, 5.41) is 3.91. The van der Waals surface area contributed by atoms with Crippen LogP contribution in [0.15, 0.2) is 59.7 Å². The highest BCUT2D eigenvalue weighted by Crippen LogP contribution is 2.12. The molecule has 2 aromatic carbocycles. The summed E-state index contributed by atoms with van der Waals surface area (Å²) < 4.78 is 4.94. The van der Waals surface area contributed by atoms with E-state index in [9.17, 15) is 9.59 Å².